The number of aryl methyl sites for hydroxylation is 2. The SMILES string of the molecule is Cc1nc(Cl)c(N(C)C(C)c2cccs2)nc1C. The summed E-state index contributed by atoms with van der Waals surface area (Å²) in [7, 11) is 2.00. The van der Waals surface area contributed by atoms with Crippen molar-refractivity contribution in [3.8, 4) is 0 Å². The summed E-state index contributed by atoms with van der Waals surface area (Å²) in [6.45, 7) is 6.01. The molecule has 2 aromatic rings. The molecule has 1 atom stereocenters. The lowest BCUT2D eigenvalue weighted by Crippen LogP contribution is -2.23. The van der Waals surface area contributed by atoms with Crippen LogP contribution >= 0.6 is 22.9 Å². The Kier molecular flexibility index (Phi) is 3.88. The van der Waals surface area contributed by atoms with E-state index in [9.17, 15) is 0 Å². The molecule has 96 valence electrons. The molecule has 5 heteroatoms. The maximum Gasteiger partial charge on any atom is 0.171 e. The van der Waals surface area contributed by atoms with Crippen molar-refractivity contribution in [2.45, 2.75) is 26.8 Å². The van der Waals surface area contributed by atoms with Gasteiger partial charge in [0, 0.05) is 11.9 Å². The highest BCUT2D eigenvalue weighted by molar-refractivity contribution is 7.10. The maximum absolute atomic E-state index is 6.19. The highest BCUT2D eigenvalue weighted by atomic mass is 35.5. The van der Waals surface area contributed by atoms with Crippen molar-refractivity contribution in [2.75, 3.05) is 11.9 Å². The number of halogens is 1. The first kappa shape index (κ1) is 13.3. The second-order valence-corrected chi connectivity index (χ2v) is 5.65. The third-order valence-electron chi connectivity index (χ3n) is 3.12. The molecule has 0 aliphatic rings. The van der Waals surface area contributed by atoms with E-state index in [-0.39, 0.29) is 6.04 Å². The van der Waals surface area contributed by atoms with Crippen molar-refractivity contribution in [1.29, 1.82) is 0 Å². The fourth-order valence-electron chi connectivity index (χ4n) is 1.69. The summed E-state index contributed by atoms with van der Waals surface area (Å²) in [4.78, 5) is 12.2. The van der Waals surface area contributed by atoms with Crippen LogP contribution in [-0.2, 0) is 0 Å². The van der Waals surface area contributed by atoms with Crippen molar-refractivity contribution < 1.29 is 0 Å². The van der Waals surface area contributed by atoms with Crippen LogP contribution in [0.25, 0.3) is 0 Å². The van der Waals surface area contributed by atoms with Crippen molar-refractivity contribution in [3.05, 3.63) is 38.9 Å². The molecule has 2 rings (SSSR count). The fourth-order valence-corrected chi connectivity index (χ4v) is 2.82. The minimum atomic E-state index is 0.235. The number of rotatable bonds is 3. The van der Waals surface area contributed by atoms with E-state index in [4.69, 9.17) is 11.6 Å². The summed E-state index contributed by atoms with van der Waals surface area (Å²) in [6, 6.07) is 4.41. The zero-order chi connectivity index (χ0) is 13.3. The van der Waals surface area contributed by atoms with Gasteiger partial charge in [0.25, 0.3) is 0 Å². The summed E-state index contributed by atoms with van der Waals surface area (Å²) in [5.74, 6) is 0.737. The molecule has 2 aromatic heterocycles. The van der Waals surface area contributed by atoms with E-state index in [2.05, 4.69) is 39.3 Å². The van der Waals surface area contributed by atoms with Gasteiger partial charge >= 0.3 is 0 Å². The Morgan fingerprint density at radius 1 is 1.28 bits per heavy atom. The van der Waals surface area contributed by atoms with E-state index in [1.165, 1.54) is 4.88 Å². The lowest BCUT2D eigenvalue weighted by atomic mass is 10.2. The first-order valence-corrected chi connectivity index (χ1v) is 7.03. The molecule has 0 saturated carbocycles. The first-order chi connectivity index (χ1) is 8.50. The third kappa shape index (κ3) is 2.49. The van der Waals surface area contributed by atoms with Crippen LogP contribution in [0.1, 0.15) is 29.2 Å². The van der Waals surface area contributed by atoms with Crippen LogP contribution in [0.15, 0.2) is 17.5 Å². The Hall–Kier alpha value is -1.13. The molecule has 0 N–H and O–H groups in total. The number of hydrogen-bond donors (Lipinski definition) is 0. The molecule has 0 radical (unpaired) electrons. The summed E-state index contributed by atoms with van der Waals surface area (Å²) in [6.07, 6.45) is 0. The lowest BCUT2D eigenvalue weighted by Gasteiger charge is -2.26. The summed E-state index contributed by atoms with van der Waals surface area (Å²) >= 11 is 7.92. The Balaban J connectivity index is 2.34. The van der Waals surface area contributed by atoms with E-state index in [1.54, 1.807) is 11.3 Å². The van der Waals surface area contributed by atoms with Crippen molar-refractivity contribution in [3.63, 3.8) is 0 Å². The standard InChI is InChI=1S/C13H16ClN3S/c1-8-9(2)16-13(12(14)15-8)17(4)10(3)11-6-5-7-18-11/h5-7,10H,1-4H3. The number of aromatic nitrogens is 2. The molecule has 0 aromatic carbocycles. The largest absolute Gasteiger partial charge is 0.350 e. The van der Waals surface area contributed by atoms with Crippen LogP contribution in [0.3, 0.4) is 0 Å². The highest BCUT2D eigenvalue weighted by Crippen LogP contribution is 2.30. The molecule has 0 amide bonds. The quantitative estimate of drug-likeness (QED) is 0.851. The van der Waals surface area contributed by atoms with Gasteiger partial charge in [-0.2, -0.15) is 0 Å². The average Bonchev–Trinajstić information content (AvgIpc) is 2.85. The zero-order valence-electron chi connectivity index (χ0n) is 10.9. The first-order valence-electron chi connectivity index (χ1n) is 5.77. The number of hydrogen-bond acceptors (Lipinski definition) is 4. The minimum Gasteiger partial charge on any atom is -0.350 e. The molecule has 3 nitrogen and oxygen atoms in total. The van der Waals surface area contributed by atoms with Crippen LogP contribution in [0.5, 0.6) is 0 Å². The number of anilines is 1. The summed E-state index contributed by atoms with van der Waals surface area (Å²) in [5.41, 5.74) is 1.79. The molecular formula is C13H16ClN3S. The van der Waals surface area contributed by atoms with Crippen LogP contribution in [0, 0.1) is 13.8 Å². The van der Waals surface area contributed by atoms with Crippen LogP contribution in [0.4, 0.5) is 5.82 Å². The lowest BCUT2D eigenvalue weighted by molar-refractivity contribution is 0.736. The van der Waals surface area contributed by atoms with Gasteiger partial charge in [-0.05, 0) is 32.2 Å². The Labute approximate surface area is 116 Å². The van der Waals surface area contributed by atoms with Gasteiger partial charge < -0.3 is 4.90 Å². The monoisotopic (exact) mass is 281 g/mol. The van der Waals surface area contributed by atoms with E-state index >= 15 is 0 Å². The number of thiophene rings is 1. The van der Waals surface area contributed by atoms with Gasteiger partial charge in [-0.25, -0.2) is 9.97 Å². The van der Waals surface area contributed by atoms with Gasteiger partial charge in [-0.15, -0.1) is 11.3 Å². The second-order valence-electron chi connectivity index (χ2n) is 4.31. The molecule has 0 bridgehead atoms. The predicted octanol–water partition coefficient (Wildman–Crippen LogP) is 4.01. The fraction of sp³-hybridized carbons (Fsp3) is 0.385. The Morgan fingerprint density at radius 2 is 1.94 bits per heavy atom. The second kappa shape index (κ2) is 5.24. The van der Waals surface area contributed by atoms with E-state index < -0.39 is 0 Å². The molecule has 2 heterocycles. The van der Waals surface area contributed by atoms with Gasteiger partial charge in [0.2, 0.25) is 0 Å². The normalized spacial score (nSPS) is 12.5. The molecule has 1 unspecified atom stereocenters. The predicted molar refractivity (Wildman–Crippen MR) is 77.7 cm³/mol. The van der Waals surface area contributed by atoms with E-state index in [0.29, 0.717) is 5.15 Å². The van der Waals surface area contributed by atoms with Crippen LogP contribution in [0.2, 0.25) is 5.15 Å². The highest BCUT2D eigenvalue weighted by Gasteiger charge is 2.18. The van der Waals surface area contributed by atoms with Crippen molar-refractivity contribution >= 4 is 28.8 Å². The molecule has 0 aliphatic heterocycles. The van der Waals surface area contributed by atoms with Gasteiger partial charge in [-0.3, -0.25) is 0 Å². The van der Waals surface area contributed by atoms with Crippen molar-refractivity contribution in [2.24, 2.45) is 0 Å². The van der Waals surface area contributed by atoms with Gasteiger partial charge in [0.1, 0.15) is 0 Å². The molecule has 0 fully saturated rings. The Morgan fingerprint density at radius 3 is 2.56 bits per heavy atom. The van der Waals surface area contributed by atoms with E-state index in [1.807, 2.05) is 20.9 Å². The van der Waals surface area contributed by atoms with E-state index in [0.717, 1.165) is 17.2 Å². The molecule has 0 aliphatic carbocycles. The summed E-state index contributed by atoms with van der Waals surface area (Å²) in [5, 5.41) is 2.54. The third-order valence-corrected chi connectivity index (χ3v) is 4.41. The topological polar surface area (TPSA) is 29.0 Å². The molecule has 0 saturated heterocycles. The summed E-state index contributed by atoms with van der Waals surface area (Å²) < 4.78 is 0. The van der Waals surface area contributed by atoms with Gasteiger partial charge in [-0.1, -0.05) is 17.7 Å². The molecule has 18 heavy (non-hydrogen) atoms. The van der Waals surface area contributed by atoms with Crippen molar-refractivity contribution in [1.82, 2.24) is 9.97 Å². The van der Waals surface area contributed by atoms with Crippen LogP contribution < -0.4 is 4.90 Å². The minimum absolute atomic E-state index is 0.235. The zero-order valence-corrected chi connectivity index (χ0v) is 12.5. The maximum atomic E-state index is 6.19. The molecular weight excluding hydrogens is 266 g/mol. The average molecular weight is 282 g/mol. The number of nitrogens with zero attached hydrogens (tertiary/aromatic N) is 3. The van der Waals surface area contributed by atoms with Crippen LogP contribution in [-0.4, -0.2) is 17.0 Å². The smallest absolute Gasteiger partial charge is 0.171 e. The molecule has 0 spiro atoms. The van der Waals surface area contributed by atoms with Gasteiger partial charge in [0.15, 0.2) is 11.0 Å². The van der Waals surface area contributed by atoms with Gasteiger partial charge in [0.05, 0.1) is 17.4 Å². The Bertz CT molecular complexity index is 539.